The van der Waals surface area contributed by atoms with Crippen molar-refractivity contribution < 1.29 is 14.3 Å². The summed E-state index contributed by atoms with van der Waals surface area (Å²) < 4.78 is 5.20. The molecule has 0 amide bonds. The Morgan fingerprint density at radius 1 is 1.06 bits per heavy atom. The van der Waals surface area contributed by atoms with Gasteiger partial charge in [0.25, 0.3) is 0 Å². The molecule has 17 heavy (non-hydrogen) atoms. The molecule has 0 bridgehead atoms. The molecule has 0 N–H and O–H groups in total. The van der Waals surface area contributed by atoms with Gasteiger partial charge in [-0.2, -0.15) is 0 Å². The Bertz CT molecular complexity index is 362. The zero-order valence-electron chi connectivity index (χ0n) is 9.52. The number of hydrogen-bond acceptors (Lipinski definition) is 3. The maximum Gasteiger partial charge on any atom is 0.235 e. The van der Waals surface area contributed by atoms with E-state index in [4.69, 9.17) is 16.3 Å². The topological polar surface area (TPSA) is 43.4 Å². The number of rotatable bonds is 8. The lowest BCUT2D eigenvalue weighted by molar-refractivity contribution is -0.137. The minimum absolute atomic E-state index is 0.191. The molecule has 0 aliphatic heterocycles. The molecule has 0 aromatic heterocycles. The molecule has 1 aromatic rings. The minimum atomic E-state index is -0.483. The molecule has 1 rings (SSSR count). The smallest absolute Gasteiger partial charge is 0.235 e. The van der Waals surface area contributed by atoms with E-state index in [1.807, 2.05) is 18.2 Å². The predicted molar refractivity (Wildman–Crippen MR) is 66.5 cm³/mol. The lowest BCUT2D eigenvalue weighted by Gasteiger charge is -2.04. The van der Waals surface area contributed by atoms with E-state index in [1.165, 1.54) is 0 Å². The first-order chi connectivity index (χ1) is 8.24. The zero-order chi connectivity index (χ0) is 12.5. The molecule has 0 radical (unpaired) electrons. The highest BCUT2D eigenvalue weighted by molar-refractivity contribution is 6.37. The van der Waals surface area contributed by atoms with Crippen molar-refractivity contribution in [2.45, 2.75) is 19.3 Å². The minimum Gasteiger partial charge on any atom is -0.485 e. The Balaban J connectivity index is 2.27. The number of para-hydroxylation sites is 1. The first kappa shape index (κ1) is 13.7. The van der Waals surface area contributed by atoms with Crippen LogP contribution in [-0.2, 0) is 9.59 Å². The highest BCUT2D eigenvalue weighted by Crippen LogP contribution is 2.08. The summed E-state index contributed by atoms with van der Waals surface area (Å²) >= 11 is 5.48. The van der Waals surface area contributed by atoms with Crippen LogP contribution in [0.25, 0.3) is 0 Å². The summed E-state index contributed by atoms with van der Waals surface area (Å²) in [5.74, 6) is 0.242. The van der Waals surface area contributed by atoms with Crippen LogP contribution in [0, 0.1) is 0 Å². The van der Waals surface area contributed by atoms with Gasteiger partial charge in [0.1, 0.15) is 5.75 Å². The van der Waals surface area contributed by atoms with Crippen LogP contribution in [-0.4, -0.2) is 24.1 Å². The van der Waals surface area contributed by atoms with Crippen molar-refractivity contribution in [3.8, 4) is 5.75 Å². The lowest BCUT2D eigenvalue weighted by Crippen LogP contribution is -2.21. The number of benzene rings is 1. The van der Waals surface area contributed by atoms with Crippen molar-refractivity contribution in [2.24, 2.45) is 0 Å². The SMILES string of the molecule is O=C(CCCCCl)C(=O)COc1ccccc1. The molecule has 0 fully saturated rings. The fourth-order valence-corrected chi connectivity index (χ4v) is 1.45. The average molecular weight is 255 g/mol. The van der Waals surface area contributed by atoms with Gasteiger partial charge >= 0.3 is 0 Å². The summed E-state index contributed by atoms with van der Waals surface area (Å²) in [6.45, 7) is -0.191. The van der Waals surface area contributed by atoms with Crippen molar-refractivity contribution in [3.63, 3.8) is 0 Å². The number of halogens is 1. The first-order valence-electron chi connectivity index (χ1n) is 5.54. The highest BCUT2D eigenvalue weighted by Gasteiger charge is 2.13. The van der Waals surface area contributed by atoms with Gasteiger partial charge in [-0.25, -0.2) is 0 Å². The molecule has 0 atom stereocenters. The number of carbonyl (C=O) groups excluding carboxylic acids is 2. The van der Waals surface area contributed by atoms with Gasteiger partial charge in [0.2, 0.25) is 11.6 Å². The third kappa shape index (κ3) is 5.50. The summed E-state index contributed by atoms with van der Waals surface area (Å²) in [6, 6.07) is 8.95. The normalized spacial score (nSPS) is 9.94. The van der Waals surface area contributed by atoms with Crippen LogP contribution in [0.15, 0.2) is 30.3 Å². The second-order valence-electron chi connectivity index (χ2n) is 3.59. The molecule has 0 aliphatic carbocycles. The van der Waals surface area contributed by atoms with E-state index in [-0.39, 0.29) is 18.8 Å². The molecule has 0 heterocycles. The van der Waals surface area contributed by atoms with Crippen LogP contribution >= 0.6 is 11.6 Å². The van der Waals surface area contributed by atoms with Crippen molar-refractivity contribution in [2.75, 3.05) is 12.5 Å². The maximum absolute atomic E-state index is 11.4. The molecule has 0 unspecified atom stereocenters. The van der Waals surface area contributed by atoms with E-state index in [9.17, 15) is 9.59 Å². The molecule has 3 nitrogen and oxygen atoms in total. The summed E-state index contributed by atoms with van der Waals surface area (Å²) in [6.07, 6.45) is 1.66. The van der Waals surface area contributed by atoms with Crippen molar-refractivity contribution in [1.82, 2.24) is 0 Å². The number of carbonyl (C=O) groups is 2. The summed E-state index contributed by atoms with van der Waals surface area (Å²) in [5.41, 5.74) is 0. The molecule has 4 heteroatoms. The van der Waals surface area contributed by atoms with E-state index in [2.05, 4.69) is 0 Å². The fourth-order valence-electron chi connectivity index (χ4n) is 1.27. The largest absolute Gasteiger partial charge is 0.485 e. The van der Waals surface area contributed by atoms with Crippen LogP contribution in [0.2, 0.25) is 0 Å². The number of hydrogen-bond donors (Lipinski definition) is 0. The molecule has 0 spiro atoms. The maximum atomic E-state index is 11.4. The van der Waals surface area contributed by atoms with Gasteiger partial charge in [0.15, 0.2) is 6.61 Å². The predicted octanol–water partition coefficient (Wildman–Crippen LogP) is 2.61. The van der Waals surface area contributed by atoms with E-state index in [0.29, 0.717) is 18.1 Å². The molecule has 0 saturated carbocycles. The van der Waals surface area contributed by atoms with Gasteiger partial charge in [-0.05, 0) is 25.0 Å². The Kier molecular flexibility index (Phi) is 6.33. The second-order valence-corrected chi connectivity index (χ2v) is 3.97. The van der Waals surface area contributed by atoms with Crippen LogP contribution in [0.5, 0.6) is 5.75 Å². The van der Waals surface area contributed by atoms with Gasteiger partial charge in [-0.3, -0.25) is 9.59 Å². The molecule has 1 aromatic carbocycles. The van der Waals surface area contributed by atoms with Crippen molar-refractivity contribution in [1.29, 1.82) is 0 Å². The third-order valence-electron chi connectivity index (χ3n) is 2.21. The number of ketones is 2. The monoisotopic (exact) mass is 254 g/mol. The Morgan fingerprint density at radius 3 is 2.41 bits per heavy atom. The second kappa shape index (κ2) is 7.85. The number of alkyl halides is 1. The zero-order valence-corrected chi connectivity index (χ0v) is 10.3. The molecule has 0 saturated heterocycles. The number of ether oxygens (including phenoxy) is 1. The van der Waals surface area contributed by atoms with Crippen molar-refractivity contribution >= 4 is 23.2 Å². The van der Waals surface area contributed by atoms with Gasteiger partial charge in [-0.15, -0.1) is 11.6 Å². The van der Waals surface area contributed by atoms with Crippen LogP contribution in [0.1, 0.15) is 19.3 Å². The summed E-state index contributed by atoms with van der Waals surface area (Å²) in [4.78, 5) is 22.8. The lowest BCUT2D eigenvalue weighted by atomic mass is 10.1. The van der Waals surface area contributed by atoms with Gasteiger partial charge in [0.05, 0.1) is 0 Å². The standard InChI is InChI=1S/C13H15ClO3/c14-9-5-4-8-12(15)13(16)10-17-11-6-2-1-3-7-11/h1-3,6-7H,4-5,8-10H2. The quantitative estimate of drug-likeness (QED) is 0.407. The van der Waals surface area contributed by atoms with E-state index in [0.717, 1.165) is 6.42 Å². The Morgan fingerprint density at radius 2 is 1.76 bits per heavy atom. The van der Waals surface area contributed by atoms with E-state index >= 15 is 0 Å². The van der Waals surface area contributed by atoms with Crippen LogP contribution in [0.4, 0.5) is 0 Å². The van der Waals surface area contributed by atoms with E-state index < -0.39 is 5.78 Å². The first-order valence-corrected chi connectivity index (χ1v) is 6.07. The average Bonchev–Trinajstić information content (AvgIpc) is 2.37. The number of unbranched alkanes of at least 4 members (excludes halogenated alkanes) is 1. The van der Waals surface area contributed by atoms with Gasteiger partial charge < -0.3 is 4.74 Å². The third-order valence-corrected chi connectivity index (χ3v) is 2.48. The van der Waals surface area contributed by atoms with Crippen molar-refractivity contribution in [3.05, 3.63) is 30.3 Å². The molecular formula is C13H15ClO3. The molecule has 92 valence electrons. The molecular weight excluding hydrogens is 240 g/mol. The van der Waals surface area contributed by atoms with Crippen LogP contribution < -0.4 is 4.74 Å². The highest BCUT2D eigenvalue weighted by atomic mass is 35.5. The van der Waals surface area contributed by atoms with Crippen LogP contribution in [0.3, 0.4) is 0 Å². The van der Waals surface area contributed by atoms with E-state index in [1.54, 1.807) is 12.1 Å². The van der Waals surface area contributed by atoms with Gasteiger partial charge in [0, 0.05) is 12.3 Å². The van der Waals surface area contributed by atoms with Gasteiger partial charge in [-0.1, -0.05) is 18.2 Å². The fraction of sp³-hybridized carbons (Fsp3) is 0.385. The molecule has 0 aliphatic rings. The Hall–Kier alpha value is -1.35. The summed E-state index contributed by atoms with van der Waals surface area (Å²) in [7, 11) is 0. The number of Topliss-reactive ketones (excluding diaryl/α,β-unsaturated/α-hetero) is 2. The summed E-state index contributed by atoms with van der Waals surface area (Å²) in [5, 5.41) is 0. The Labute approximate surface area is 106 Å².